The molecule has 0 heterocycles. The van der Waals surface area contributed by atoms with Crippen LogP contribution >= 0.6 is 0 Å². The first-order chi connectivity index (χ1) is 19.2. The van der Waals surface area contributed by atoms with Crippen molar-refractivity contribution in [1.29, 1.82) is 0 Å². The van der Waals surface area contributed by atoms with E-state index >= 15 is 35.1 Å². The number of halogens is 8. The molecule has 0 atom stereocenters. The van der Waals surface area contributed by atoms with Gasteiger partial charge in [-0.2, -0.15) is 0 Å². The minimum atomic E-state index is -5.98. The Kier molecular flexibility index (Phi) is 8.68. The van der Waals surface area contributed by atoms with Gasteiger partial charge in [-0.15, -0.1) is 0 Å². The third-order valence-corrected chi connectivity index (χ3v) is 15.6. The van der Waals surface area contributed by atoms with E-state index in [0.29, 0.717) is 11.1 Å². The first-order valence-electron chi connectivity index (χ1n) is 13.0. The van der Waals surface area contributed by atoms with Crippen molar-refractivity contribution in [2.75, 3.05) is 0 Å². The monoisotopic (exact) mass is 620 g/mol. The summed E-state index contributed by atoms with van der Waals surface area (Å²) < 4.78 is 135. The molecule has 0 unspecified atom stereocenters. The quantitative estimate of drug-likeness (QED) is 0.170. The number of ether oxygens (including phenoxy) is 2. The van der Waals surface area contributed by atoms with Gasteiger partial charge in [-0.3, -0.25) is 0 Å². The fourth-order valence-electron chi connectivity index (χ4n) is 5.60. The van der Waals surface area contributed by atoms with Gasteiger partial charge >= 0.3 is 237 Å². The molecular formula is C30H28F8O2Ti. The minimum absolute atomic E-state index is 0.0614. The van der Waals surface area contributed by atoms with Crippen LogP contribution in [0.4, 0.5) is 35.1 Å². The van der Waals surface area contributed by atoms with Crippen LogP contribution in [-0.4, -0.2) is 12.2 Å². The van der Waals surface area contributed by atoms with Gasteiger partial charge in [0.05, 0.1) is 0 Å². The molecule has 4 rings (SSSR count). The summed E-state index contributed by atoms with van der Waals surface area (Å²) in [5.74, 6) is -18.1. The summed E-state index contributed by atoms with van der Waals surface area (Å²) in [5.41, 5.74) is 0.614. The molecule has 2 aromatic rings. The number of rotatable bonds is 8. The van der Waals surface area contributed by atoms with Crippen LogP contribution in [-0.2, 0) is 16.6 Å². The van der Waals surface area contributed by atoms with Crippen LogP contribution < -0.4 is 17.2 Å². The fraction of sp³-hybridized carbons (Fsp3) is 0.333. The molecule has 0 radical (unpaired) electrons. The normalized spacial score (nSPS) is 15.4. The van der Waals surface area contributed by atoms with Crippen molar-refractivity contribution in [3.8, 4) is 11.5 Å². The second-order valence-electron chi connectivity index (χ2n) is 10.5. The Balaban J connectivity index is 2.31. The predicted molar refractivity (Wildman–Crippen MR) is 136 cm³/mol. The number of allylic oxidation sites excluding steroid dienone is 8. The SMILES string of the molecule is CC1=[C]([Ti]([C]2=C(C)C=CC2)([c]2c(F)c(F)c(OC(C)C)c(F)c2F)[c]2c(F)c(F)c(OC(C)C)c(F)c2F)CC=C1. The topological polar surface area (TPSA) is 18.5 Å². The Hall–Kier alpha value is -2.85. The Bertz CT molecular complexity index is 1380. The van der Waals surface area contributed by atoms with Crippen molar-refractivity contribution >= 4 is 7.74 Å². The molecule has 2 aromatic carbocycles. The molecule has 2 nitrogen and oxygen atoms in total. The van der Waals surface area contributed by atoms with Gasteiger partial charge in [0.1, 0.15) is 0 Å². The van der Waals surface area contributed by atoms with Crippen molar-refractivity contribution in [2.24, 2.45) is 0 Å². The summed E-state index contributed by atoms with van der Waals surface area (Å²) in [7, 11) is 0. The Morgan fingerprint density at radius 3 is 1.05 bits per heavy atom. The van der Waals surface area contributed by atoms with Gasteiger partial charge in [-0.05, 0) is 0 Å². The Labute approximate surface area is 236 Å². The Morgan fingerprint density at radius 2 is 0.829 bits per heavy atom. The maximum absolute atomic E-state index is 16.3. The summed E-state index contributed by atoms with van der Waals surface area (Å²) in [6, 6.07) is 0. The van der Waals surface area contributed by atoms with Crippen molar-refractivity contribution < 1.29 is 61.2 Å². The second kappa shape index (κ2) is 11.4. The average molecular weight is 620 g/mol. The summed E-state index contributed by atoms with van der Waals surface area (Å²) in [6.07, 6.45) is 4.09. The molecule has 0 amide bonds. The molecule has 2 aliphatic rings. The third kappa shape index (κ3) is 4.86. The van der Waals surface area contributed by atoms with E-state index in [1.54, 1.807) is 12.2 Å². The molecular weight excluding hydrogens is 592 g/mol. The van der Waals surface area contributed by atoms with E-state index in [1.165, 1.54) is 53.7 Å². The van der Waals surface area contributed by atoms with Crippen LogP contribution in [0.3, 0.4) is 0 Å². The molecule has 0 fully saturated rings. The predicted octanol–water partition coefficient (Wildman–Crippen LogP) is 7.95. The standard InChI is InChI=1S/2C9H7F4O.2C6H7.Ti/c2*1-4(2)14-9-7(12)5(10)3-6(11)8(9)13;2*1-6-4-2-3-5-6;/h2*4H,1-2H3;2*2,4H,3H2,1H3;. The van der Waals surface area contributed by atoms with Crippen LogP contribution in [0.15, 0.2) is 43.2 Å². The zero-order chi connectivity index (χ0) is 30.5. The van der Waals surface area contributed by atoms with E-state index in [2.05, 4.69) is 0 Å². The van der Waals surface area contributed by atoms with Crippen LogP contribution in [0.25, 0.3) is 0 Å². The van der Waals surface area contributed by atoms with Crippen molar-refractivity contribution in [2.45, 2.75) is 66.6 Å². The van der Waals surface area contributed by atoms with Gasteiger partial charge in [0.25, 0.3) is 0 Å². The van der Waals surface area contributed by atoms with Crippen LogP contribution in [0.2, 0.25) is 0 Å². The summed E-state index contributed by atoms with van der Waals surface area (Å²) >= 11 is -5.98. The van der Waals surface area contributed by atoms with Gasteiger partial charge in [0, 0.05) is 0 Å². The van der Waals surface area contributed by atoms with Crippen LogP contribution in [0.5, 0.6) is 11.5 Å². The zero-order valence-electron chi connectivity index (χ0n) is 23.2. The van der Waals surface area contributed by atoms with E-state index in [-0.39, 0.29) is 20.6 Å². The number of benzene rings is 2. The maximum atomic E-state index is 16.3. The molecule has 0 N–H and O–H groups in total. The zero-order valence-corrected chi connectivity index (χ0v) is 24.8. The van der Waals surface area contributed by atoms with Gasteiger partial charge in [-0.1, -0.05) is 0 Å². The van der Waals surface area contributed by atoms with Gasteiger partial charge in [0.2, 0.25) is 0 Å². The molecule has 0 saturated heterocycles. The molecule has 0 spiro atoms. The van der Waals surface area contributed by atoms with E-state index in [9.17, 15) is 0 Å². The Morgan fingerprint density at radius 1 is 0.537 bits per heavy atom. The van der Waals surface area contributed by atoms with Gasteiger partial charge in [0.15, 0.2) is 0 Å². The first kappa shape index (κ1) is 31.1. The van der Waals surface area contributed by atoms with Gasteiger partial charge in [-0.25, -0.2) is 0 Å². The van der Waals surface area contributed by atoms with Crippen LogP contribution in [0.1, 0.15) is 54.4 Å². The van der Waals surface area contributed by atoms with E-state index < -0.39 is 94.6 Å². The third-order valence-electron chi connectivity index (χ3n) is 7.14. The molecule has 220 valence electrons. The number of hydrogen-bond acceptors (Lipinski definition) is 2. The molecule has 0 aromatic heterocycles. The summed E-state index contributed by atoms with van der Waals surface area (Å²) in [5, 5.41) is 0. The van der Waals surface area contributed by atoms with Gasteiger partial charge < -0.3 is 0 Å². The van der Waals surface area contributed by atoms with E-state index in [0.717, 1.165) is 0 Å². The molecule has 0 saturated carbocycles. The second-order valence-corrected chi connectivity index (χ2v) is 16.3. The van der Waals surface area contributed by atoms with Crippen molar-refractivity contribution in [3.05, 3.63) is 89.7 Å². The molecule has 41 heavy (non-hydrogen) atoms. The molecule has 2 aliphatic carbocycles. The van der Waals surface area contributed by atoms with Crippen LogP contribution in [0, 0.1) is 46.5 Å². The fourth-order valence-corrected chi connectivity index (χ4v) is 14.6. The average Bonchev–Trinajstić information content (AvgIpc) is 3.54. The first-order valence-corrected chi connectivity index (χ1v) is 16.1. The molecule has 0 bridgehead atoms. The molecule has 0 aliphatic heterocycles. The summed E-state index contributed by atoms with van der Waals surface area (Å²) in [4.78, 5) is 0. The van der Waals surface area contributed by atoms with E-state index in [4.69, 9.17) is 9.47 Å². The summed E-state index contributed by atoms with van der Waals surface area (Å²) in [6.45, 7) is 8.48. The van der Waals surface area contributed by atoms with E-state index in [1.807, 2.05) is 0 Å². The van der Waals surface area contributed by atoms with Crippen molar-refractivity contribution in [3.63, 3.8) is 0 Å². The number of hydrogen-bond donors (Lipinski definition) is 0. The van der Waals surface area contributed by atoms with Crippen molar-refractivity contribution in [1.82, 2.24) is 0 Å². The molecule has 11 heteroatoms.